The minimum Gasteiger partial charge on any atom is -0.324 e. The highest BCUT2D eigenvalue weighted by Crippen LogP contribution is 2.33. The highest BCUT2D eigenvalue weighted by molar-refractivity contribution is 9.10. The topological polar surface area (TPSA) is 38.9 Å². The second-order valence-corrected chi connectivity index (χ2v) is 6.28. The Hall–Kier alpha value is -0.550. The van der Waals surface area contributed by atoms with Crippen LogP contribution in [0.15, 0.2) is 50.9 Å². The standard InChI is InChI=1S/C13H12BrClN2S/c1-8(16)9-2-4-12(11(15)6-9)18-13-5-3-10(14)7-17-13/h2-8H,16H2,1H3/t8-/m1/s1. The van der Waals surface area contributed by atoms with E-state index < -0.39 is 0 Å². The van der Waals surface area contributed by atoms with Gasteiger partial charge in [-0.05, 0) is 52.7 Å². The Morgan fingerprint density at radius 1 is 1.33 bits per heavy atom. The Balaban J connectivity index is 2.22. The number of rotatable bonds is 3. The van der Waals surface area contributed by atoms with E-state index in [0.29, 0.717) is 5.02 Å². The summed E-state index contributed by atoms with van der Waals surface area (Å²) in [6.45, 7) is 1.94. The normalized spacial score (nSPS) is 12.4. The molecule has 0 saturated carbocycles. The maximum atomic E-state index is 6.24. The maximum absolute atomic E-state index is 6.24. The fraction of sp³-hybridized carbons (Fsp3) is 0.154. The van der Waals surface area contributed by atoms with E-state index in [2.05, 4.69) is 20.9 Å². The largest absolute Gasteiger partial charge is 0.324 e. The summed E-state index contributed by atoms with van der Waals surface area (Å²) < 4.78 is 0.963. The molecule has 0 fully saturated rings. The summed E-state index contributed by atoms with van der Waals surface area (Å²) in [6, 6.07) is 9.79. The van der Waals surface area contributed by atoms with Gasteiger partial charge in [0.05, 0.1) is 5.02 Å². The summed E-state index contributed by atoms with van der Waals surface area (Å²) in [7, 11) is 0. The molecule has 2 aromatic rings. The van der Waals surface area contributed by atoms with Crippen molar-refractivity contribution < 1.29 is 0 Å². The minimum absolute atomic E-state index is 0.00708. The summed E-state index contributed by atoms with van der Waals surface area (Å²) in [6.07, 6.45) is 1.77. The van der Waals surface area contributed by atoms with Gasteiger partial charge in [0, 0.05) is 21.6 Å². The quantitative estimate of drug-likeness (QED) is 0.880. The lowest BCUT2D eigenvalue weighted by Gasteiger charge is -2.09. The van der Waals surface area contributed by atoms with Crippen LogP contribution >= 0.6 is 39.3 Å². The average molecular weight is 344 g/mol. The Bertz CT molecular complexity index is 543. The van der Waals surface area contributed by atoms with Crippen LogP contribution < -0.4 is 5.73 Å². The maximum Gasteiger partial charge on any atom is 0.101 e. The summed E-state index contributed by atoms with van der Waals surface area (Å²) in [5, 5.41) is 1.62. The van der Waals surface area contributed by atoms with Gasteiger partial charge >= 0.3 is 0 Å². The summed E-state index contributed by atoms with van der Waals surface area (Å²) in [5.74, 6) is 0. The number of hydrogen-bond acceptors (Lipinski definition) is 3. The van der Waals surface area contributed by atoms with E-state index in [-0.39, 0.29) is 6.04 Å². The molecule has 0 amide bonds. The van der Waals surface area contributed by atoms with E-state index >= 15 is 0 Å². The highest BCUT2D eigenvalue weighted by atomic mass is 79.9. The third kappa shape index (κ3) is 3.48. The molecular weight excluding hydrogens is 332 g/mol. The number of pyridine rings is 1. The monoisotopic (exact) mass is 342 g/mol. The third-order valence-electron chi connectivity index (χ3n) is 2.40. The molecule has 94 valence electrons. The molecule has 2 N–H and O–H groups in total. The van der Waals surface area contributed by atoms with Crippen LogP contribution in [-0.4, -0.2) is 4.98 Å². The van der Waals surface area contributed by atoms with Crippen molar-refractivity contribution in [2.45, 2.75) is 22.9 Å². The molecule has 0 radical (unpaired) electrons. The first-order chi connectivity index (χ1) is 8.56. The lowest BCUT2D eigenvalue weighted by atomic mass is 10.1. The zero-order chi connectivity index (χ0) is 13.1. The molecule has 0 unspecified atom stereocenters. The molecule has 2 nitrogen and oxygen atoms in total. The van der Waals surface area contributed by atoms with Gasteiger partial charge in [-0.15, -0.1) is 0 Å². The van der Waals surface area contributed by atoms with Crippen LogP contribution in [0, 0.1) is 0 Å². The molecule has 0 bridgehead atoms. The number of benzene rings is 1. The molecule has 1 aromatic carbocycles. The van der Waals surface area contributed by atoms with Crippen molar-refractivity contribution in [2.75, 3.05) is 0 Å². The third-order valence-corrected chi connectivity index (χ3v) is 4.32. The lowest BCUT2D eigenvalue weighted by molar-refractivity contribution is 0.817. The number of halogens is 2. The number of hydrogen-bond donors (Lipinski definition) is 1. The van der Waals surface area contributed by atoms with Crippen molar-refractivity contribution in [1.29, 1.82) is 0 Å². The molecule has 1 aromatic heterocycles. The first-order valence-electron chi connectivity index (χ1n) is 5.40. The second-order valence-electron chi connectivity index (χ2n) is 3.90. The first-order valence-corrected chi connectivity index (χ1v) is 7.39. The van der Waals surface area contributed by atoms with Gasteiger partial charge in [0.15, 0.2) is 0 Å². The smallest absolute Gasteiger partial charge is 0.101 e. The van der Waals surface area contributed by atoms with Crippen LogP contribution in [-0.2, 0) is 0 Å². The molecule has 18 heavy (non-hydrogen) atoms. The summed E-state index contributed by atoms with van der Waals surface area (Å²) in [5.41, 5.74) is 6.85. The van der Waals surface area contributed by atoms with Gasteiger partial charge in [-0.25, -0.2) is 4.98 Å². The predicted octanol–water partition coefficient (Wildman–Crippen LogP) is 4.67. The fourth-order valence-corrected chi connectivity index (χ4v) is 2.72. The molecule has 0 saturated heterocycles. The van der Waals surface area contributed by atoms with Crippen LogP contribution in [0.5, 0.6) is 0 Å². The Kier molecular flexibility index (Phi) is 4.67. The van der Waals surface area contributed by atoms with Crippen LogP contribution in [0.2, 0.25) is 5.02 Å². The molecule has 1 atom stereocenters. The summed E-state index contributed by atoms with van der Waals surface area (Å²) in [4.78, 5) is 5.29. The van der Waals surface area contributed by atoms with Crippen molar-refractivity contribution in [3.63, 3.8) is 0 Å². The van der Waals surface area contributed by atoms with Crippen LogP contribution in [0.3, 0.4) is 0 Å². The lowest BCUT2D eigenvalue weighted by Crippen LogP contribution is -2.04. The molecule has 0 aliphatic rings. The van der Waals surface area contributed by atoms with Gasteiger partial charge in [-0.1, -0.05) is 29.4 Å². The molecule has 5 heteroatoms. The highest BCUT2D eigenvalue weighted by Gasteiger charge is 2.07. The Morgan fingerprint density at radius 3 is 2.67 bits per heavy atom. The van der Waals surface area contributed by atoms with E-state index in [9.17, 15) is 0 Å². The van der Waals surface area contributed by atoms with E-state index in [1.807, 2.05) is 37.3 Å². The Labute approximate surface area is 124 Å². The van der Waals surface area contributed by atoms with Crippen LogP contribution in [0.4, 0.5) is 0 Å². The van der Waals surface area contributed by atoms with Crippen molar-refractivity contribution in [1.82, 2.24) is 4.98 Å². The van der Waals surface area contributed by atoms with Gasteiger partial charge in [-0.3, -0.25) is 0 Å². The first kappa shape index (κ1) is 13.9. The van der Waals surface area contributed by atoms with Crippen LogP contribution in [0.25, 0.3) is 0 Å². The number of nitrogens with zero attached hydrogens (tertiary/aromatic N) is 1. The van der Waals surface area contributed by atoms with Crippen molar-refractivity contribution in [3.8, 4) is 0 Å². The second kappa shape index (κ2) is 6.06. The van der Waals surface area contributed by atoms with Gasteiger partial charge in [0.2, 0.25) is 0 Å². The minimum atomic E-state index is -0.00708. The van der Waals surface area contributed by atoms with E-state index in [4.69, 9.17) is 17.3 Å². The van der Waals surface area contributed by atoms with E-state index in [1.165, 1.54) is 11.8 Å². The van der Waals surface area contributed by atoms with E-state index in [1.54, 1.807) is 6.20 Å². The molecule has 0 spiro atoms. The Morgan fingerprint density at radius 2 is 2.11 bits per heavy atom. The van der Waals surface area contributed by atoms with Gasteiger partial charge in [-0.2, -0.15) is 0 Å². The molecular formula is C13H12BrClN2S. The van der Waals surface area contributed by atoms with E-state index in [0.717, 1.165) is 20.0 Å². The number of nitrogens with two attached hydrogens (primary N) is 1. The summed E-state index contributed by atoms with van der Waals surface area (Å²) >= 11 is 11.1. The zero-order valence-electron chi connectivity index (χ0n) is 9.73. The number of aromatic nitrogens is 1. The van der Waals surface area contributed by atoms with Gasteiger partial charge < -0.3 is 5.73 Å². The molecule has 1 heterocycles. The van der Waals surface area contributed by atoms with Gasteiger partial charge in [0.25, 0.3) is 0 Å². The SMILES string of the molecule is C[C@@H](N)c1ccc(Sc2ccc(Br)cn2)c(Cl)c1. The van der Waals surface area contributed by atoms with Gasteiger partial charge in [0.1, 0.15) is 5.03 Å². The fourth-order valence-electron chi connectivity index (χ4n) is 1.42. The molecule has 2 rings (SSSR count). The molecule has 0 aliphatic heterocycles. The van der Waals surface area contributed by atoms with Crippen molar-refractivity contribution in [2.24, 2.45) is 5.73 Å². The van der Waals surface area contributed by atoms with Crippen molar-refractivity contribution in [3.05, 3.63) is 51.6 Å². The molecule has 0 aliphatic carbocycles. The average Bonchev–Trinajstić information content (AvgIpc) is 2.34. The van der Waals surface area contributed by atoms with Crippen LogP contribution in [0.1, 0.15) is 18.5 Å². The van der Waals surface area contributed by atoms with Crippen molar-refractivity contribution >= 4 is 39.3 Å². The predicted molar refractivity (Wildman–Crippen MR) is 80.1 cm³/mol. The zero-order valence-corrected chi connectivity index (χ0v) is 12.9.